The molecule has 0 radical (unpaired) electrons. The lowest BCUT2D eigenvalue weighted by Crippen LogP contribution is -2.55. The smallest absolute Gasteiger partial charge is 0.410 e. The van der Waals surface area contributed by atoms with Crippen LogP contribution in [0.5, 0.6) is 5.75 Å². The highest BCUT2D eigenvalue weighted by atomic mass is 28.4. The lowest BCUT2D eigenvalue weighted by Gasteiger charge is -2.42. The van der Waals surface area contributed by atoms with Gasteiger partial charge in [-0.15, -0.1) is 0 Å². The van der Waals surface area contributed by atoms with Crippen molar-refractivity contribution in [3.63, 3.8) is 0 Å². The van der Waals surface area contributed by atoms with E-state index in [0.29, 0.717) is 12.1 Å². The number of carbonyl (C=O) groups excluding carboxylic acids is 1. The minimum absolute atomic E-state index is 0.0215. The number of piperidine rings is 1. The molecule has 1 aromatic rings. The summed E-state index contributed by atoms with van der Waals surface area (Å²) in [7, 11) is -1.95. The Morgan fingerprint density at radius 2 is 1.69 bits per heavy atom. The van der Waals surface area contributed by atoms with Crippen molar-refractivity contribution in [1.82, 2.24) is 4.90 Å². The molecule has 1 heterocycles. The summed E-state index contributed by atoms with van der Waals surface area (Å²) in [5.74, 6) is 0.768. The molecule has 0 aliphatic carbocycles. The van der Waals surface area contributed by atoms with Crippen LogP contribution in [0.2, 0.25) is 18.1 Å². The van der Waals surface area contributed by atoms with Gasteiger partial charge in [-0.1, -0.05) is 32.9 Å². The highest BCUT2D eigenvalue weighted by Crippen LogP contribution is 2.39. The fraction of sp³-hybridized carbons (Fsp3) is 0.682. The third-order valence-electron chi connectivity index (χ3n) is 5.89. The Kier molecular flexibility index (Phi) is 6.48. The molecule has 7 heteroatoms. The Hall–Kier alpha value is -1.57. The number of amides is 1. The van der Waals surface area contributed by atoms with E-state index in [1.54, 1.807) is 32.9 Å². The quantitative estimate of drug-likeness (QED) is 0.710. The van der Waals surface area contributed by atoms with Crippen LogP contribution >= 0.6 is 0 Å². The molecule has 0 aromatic heterocycles. The lowest BCUT2D eigenvalue weighted by atomic mass is 9.82. The van der Waals surface area contributed by atoms with Gasteiger partial charge >= 0.3 is 6.09 Å². The van der Waals surface area contributed by atoms with E-state index >= 15 is 0 Å². The number of ether oxygens (including phenoxy) is 1. The molecule has 29 heavy (non-hydrogen) atoms. The third-order valence-corrected chi connectivity index (χ3v) is 10.3. The summed E-state index contributed by atoms with van der Waals surface area (Å²) < 4.78 is 11.7. The number of aliphatic hydroxyl groups excluding tert-OH is 1. The highest BCUT2D eigenvalue weighted by molar-refractivity contribution is 6.74. The predicted molar refractivity (Wildman–Crippen MR) is 117 cm³/mol. The average molecular weight is 424 g/mol. The second-order valence-electron chi connectivity index (χ2n) is 10.5. The molecule has 0 saturated carbocycles. The molecule has 0 bridgehead atoms. The topological polar surface area (TPSA) is 79.2 Å². The van der Waals surface area contributed by atoms with Gasteiger partial charge in [-0.25, -0.2) is 4.79 Å². The Morgan fingerprint density at radius 1 is 1.14 bits per heavy atom. The SMILES string of the molecule is CC(C)(C)OC(=O)N1CCC(O)(c2ccc(O[Si](C)(C)C(C)(C)C)cc2)C(O)C1. The first-order chi connectivity index (χ1) is 13.1. The summed E-state index contributed by atoms with van der Waals surface area (Å²) in [6, 6.07) is 7.30. The fourth-order valence-corrected chi connectivity index (χ4v) is 4.04. The van der Waals surface area contributed by atoms with Gasteiger partial charge in [0.25, 0.3) is 0 Å². The van der Waals surface area contributed by atoms with E-state index in [4.69, 9.17) is 9.16 Å². The summed E-state index contributed by atoms with van der Waals surface area (Å²) in [5, 5.41) is 21.9. The molecule has 6 nitrogen and oxygen atoms in total. The zero-order chi connectivity index (χ0) is 22.3. The maximum absolute atomic E-state index is 12.3. The Bertz CT molecular complexity index is 720. The number of hydrogen-bond acceptors (Lipinski definition) is 5. The molecule has 164 valence electrons. The van der Waals surface area contributed by atoms with Crippen LogP contribution in [-0.4, -0.2) is 54.3 Å². The highest BCUT2D eigenvalue weighted by Gasteiger charge is 2.44. The van der Waals surface area contributed by atoms with Crippen molar-refractivity contribution in [2.75, 3.05) is 13.1 Å². The molecular formula is C22H37NO5Si. The summed E-state index contributed by atoms with van der Waals surface area (Å²) in [4.78, 5) is 13.7. The van der Waals surface area contributed by atoms with Gasteiger partial charge in [-0.2, -0.15) is 0 Å². The van der Waals surface area contributed by atoms with E-state index in [1.165, 1.54) is 4.90 Å². The van der Waals surface area contributed by atoms with Crippen LogP contribution in [0.3, 0.4) is 0 Å². The summed E-state index contributed by atoms with van der Waals surface area (Å²) in [6.07, 6.45) is -1.34. The average Bonchev–Trinajstić information content (AvgIpc) is 2.55. The monoisotopic (exact) mass is 423 g/mol. The van der Waals surface area contributed by atoms with E-state index < -0.39 is 31.7 Å². The molecule has 2 unspecified atom stereocenters. The van der Waals surface area contributed by atoms with Crippen LogP contribution < -0.4 is 4.43 Å². The Morgan fingerprint density at radius 3 is 2.14 bits per heavy atom. The molecule has 1 aliphatic rings. The van der Waals surface area contributed by atoms with E-state index in [9.17, 15) is 15.0 Å². The van der Waals surface area contributed by atoms with Crippen molar-refractivity contribution in [3.05, 3.63) is 29.8 Å². The largest absolute Gasteiger partial charge is 0.544 e. The molecular weight excluding hydrogens is 386 g/mol. The molecule has 1 saturated heterocycles. The summed E-state index contributed by atoms with van der Waals surface area (Å²) >= 11 is 0. The van der Waals surface area contributed by atoms with Gasteiger partial charge in [0.15, 0.2) is 0 Å². The van der Waals surface area contributed by atoms with Crippen LogP contribution in [0.25, 0.3) is 0 Å². The normalized spacial score (nSPS) is 23.7. The van der Waals surface area contributed by atoms with Crippen LogP contribution in [0.1, 0.15) is 53.5 Å². The van der Waals surface area contributed by atoms with E-state index in [1.807, 2.05) is 12.1 Å². The van der Waals surface area contributed by atoms with E-state index in [-0.39, 0.29) is 18.0 Å². The van der Waals surface area contributed by atoms with Gasteiger partial charge < -0.3 is 24.3 Å². The molecule has 2 rings (SSSR count). The van der Waals surface area contributed by atoms with E-state index in [0.717, 1.165) is 5.75 Å². The standard InChI is InChI=1S/C22H37NO5Si/c1-20(2,3)27-19(25)23-14-13-22(26,18(24)15-23)16-9-11-17(12-10-16)28-29(7,8)21(4,5)6/h9-12,18,24,26H,13-15H2,1-8H3. The van der Waals surface area contributed by atoms with Crippen molar-refractivity contribution in [1.29, 1.82) is 0 Å². The first-order valence-corrected chi connectivity index (χ1v) is 13.1. The molecule has 2 N–H and O–H groups in total. The molecule has 2 atom stereocenters. The van der Waals surface area contributed by atoms with Gasteiger partial charge in [-0.05, 0) is 56.6 Å². The first kappa shape index (κ1) is 23.7. The summed E-state index contributed by atoms with van der Waals surface area (Å²) in [6.45, 7) is 16.7. The maximum atomic E-state index is 12.3. The molecule has 1 aliphatic heterocycles. The van der Waals surface area contributed by atoms with Crippen molar-refractivity contribution in [2.45, 2.75) is 83.4 Å². The van der Waals surface area contributed by atoms with Crippen LogP contribution in [-0.2, 0) is 10.3 Å². The number of hydrogen-bond donors (Lipinski definition) is 2. The summed E-state index contributed by atoms with van der Waals surface area (Å²) in [5.41, 5.74) is -1.39. The number of β-amino-alcohol motifs (C(OH)–C–C–N with tert-alkyl or cyclic N) is 1. The Labute approximate surface area is 176 Å². The molecule has 0 spiro atoms. The zero-order valence-electron chi connectivity index (χ0n) is 19.1. The van der Waals surface area contributed by atoms with Crippen molar-refractivity contribution in [3.8, 4) is 5.75 Å². The van der Waals surface area contributed by atoms with Gasteiger partial charge in [0.05, 0.1) is 6.54 Å². The van der Waals surface area contributed by atoms with Crippen LogP contribution in [0.4, 0.5) is 4.79 Å². The third kappa shape index (κ3) is 5.52. The van der Waals surface area contributed by atoms with Gasteiger partial charge in [0, 0.05) is 13.0 Å². The molecule has 1 fully saturated rings. The van der Waals surface area contributed by atoms with Crippen LogP contribution in [0.15, 0.2) is 24.3 Å². The van der Waals surface area contributed by atoms with Crippen LogP contribution in [0, 0.1) is 0 Å². The number of nitrogens with zero attached hydrogens (tertiary/aromatic N) is 1. The van der Waals surface area contributed by atoms with Gasteiger partial charge in [-0.3, -0.25) is 0 Å². The Balaban J connectivity index is 2.10. The number of likely N-dealkylation sites (tertiary alicyclic amines) is 1. The molecule has 1 amide bonds. The number of carbonyl (C=O) groups is 1. The lowest BCUT2D eigenvalue weighted by molar-refractivity contribution is -0.123. The minimum atomic E-state index is -1.95. The second-order valence-corrected chi connectivity index (χ2v) is 15.2. The van der Waals surface area contributed by atoms with Gasteiger partial charge in [0.2, 0.25) is 8.32 Å². The zero-order valence-corrected chi connectivity index (χ0v) is 20.1. The number of aliphatic hydroxyl groups is 2. The second kappa shape index (κ2) is 7.93. The van der Waals surface area contributed by atoms with E-state index in [2.05, 4.69) is 33.9 Å². The molecule has 1 aromatic carbocycles. The first-order valence-electron chi connectivity index (χ1n) is 10.2. The minimum Gasteiger partial charge on any atom is -0.544 e. The number of benzene rings is 1. The maximum Gasteiger partial charge on any atom is 0.410 e. The predicted octanol–water partition coefficient (Wildman–Crippen LogP) is 4.26. The number of rotatable bonds is 3. The van der Waals surface area contributed by atoms with Crippen molar-refractivity contribution < 1.29 is 24.2 Å². The van der Waals surface area contributed by atoms with Crippen molar-refractivity contribution >= 4 is 14.4 Å². The van der Waals surface area contributed by atoms with Gasteiger partial charge in [0.1, 0.15) is 23.1 Å². The van der Waals surface area contributed by atoms with Crippen molar-refractivity contribution in [2.24, 2.45) is 0 Å². The fourth-order valence-electron chi connectivity index (χ4n) is 3.01.